The lowest BCUT2D eigenvalue weighted by molar-refractivity contribution is -0.124. The summed E-state index contributed by atoms with van der Waals surface area (Å²) in [6.45, 7) is 2.98. The molecule has 1 atom stereocenters. The van der Waals surface area contributed by atoms with E-state index in [9.17, 15) is 9.59 Å². The summed E-state index contributed by atoms with van der Waals surface area (Å²) >= 11 is 0. The first kappa shape index (κ1) is 17.0. The molecule has 1 aromatic carbocycles. The standard InChI is InChI=1S/C16H24N2O3/c1-13(10-12-21-14-7-3-2-4-8-14)16(20)18-11-6-5-9-15(17)19/h2-4,7-8,13H,5-6,9-12H2,1H3,(H2,17,19)(H,18,20)/t13-/m0/s1. The summed E-state index contributed by atoms with van der Waals surface area (Å²) in [7, 11) is 0. The van der Waals surface area contributed by atoms with Gasteiger partial charge in [0.05, 0.1) is 6.61 Å². The number of para-hydroxylation sites is 1. The van der Waals surface area contributed by atoms with E-state index >= 15 is 0 Å². The van der Waals surface area contributed by atoms with Gasteiger partial charge in [-0.2, -0.15) is 0 Å². The second-order valence-corrected chi connectivity index (χ2v) is 5.07. The van der Waals surface area contributed by atoms with E-state index in [2.05, 4.69) is 5.32 Å². The highest BCUT2D eigenvalue weighted by atomic mass is 16.5. The van der Waals surface area contributed by atoms with E-state index in [1.807, 2.05) is 37.3 Å². The van der Waals surface area contributed by atoms with Crippen LogP contribution in [0, 0.1) is 5.92 Å². The molecule has 0 bridgehead atoms. The molecular formula is C16H24N2O3. The Morgan fingerprint density at radius 2 is 1.95 bits per heavy atom. The predicted molar refractivity (Wildman–Crippen MR) is 81.8 cm³/mol. The topological polar surface area (TPSA) is 81.4 Å². The van der Waals surface area contributed by atoms with E-state index in [4.69, 9.17) is 10.5 Å². The van der Waals surface area contributed by atoms with Crippen molar-refractivity contribution in [2.75, 3.05) is 13.2 Å². The summed E-state index contributed by atoms with van der Waals surface area (Å²) in [6, 6.07) is 9.54. The lowest BCUT2D eigenvalue weighted by atomic mass is 10.1. The van der Waals surface area contributed by atoms with Gasteiger partial charge < -0.3 is 15.8 Å². The largest absolute Gasteiger partial charge is 0.494 e. The first-order chi connectivity index (χ1) is 10.1. The van der Waals surface area contributed by atoms with Crippen LogP contribution in [0.25, 0.3) is 0 Å². The average molecular weight is 292 g/mol. The van der Waals surface area contributed by atoms with Gasteiger partial charge in [-0.05, 0) is 31.4 Å². The number of ether oxygens (including phenoxy) is 1. The highest BCUT2D eigenvalue weighted by Crippen LogP contribution is 2.10. The van der Waals surface area contributed by atoms with Crippen molar-refractivity contribution < 1.29 is 14.3 Å². The molecule has 0 aromatic heterocycles. The maximum Gasteiger partial charge on any atom is 0.222 e. The number of amides is 2. The van der Waals surface area contributed by atoms with E-state index in [0.29, 0.717) is 32.4 Å². The predicted octanol–water partition coefficient (Wildman–Crippen LogP) is 1.86. The molecule has 1 rings (SSSR count). The van der Waals surface area contributed by atoms with Crippen LogP contribution in [0.1, 0.15) is 32.6 Å². The molecule has 0 unspecified atom stereocenters. The van der Waals surface area contributed by atoms with Crippen LogP contribution in [0.4, 0.5) is 0 Å². The first-order valence-corrected chi connectivity index (χ1v) is 7.33. The van der Waals surface area contributed by atoms with Gasteiger partial charge in [0, 0.05) is 18.9 Å². The van der Waals surface area contributed by atoms with Crippen LogP contribution in [-0.4, -0.2) is 25.0 Å². The molecule has 5 nitrogen and oxygen atoms in total. The molecule has 0 spiro atoms. The van der Waals surface area contributed by atoms with Crippen LogP contribution in [-0.2, 0) is 9.59 Å². The lowest BCUT2D eigenvalue weighted by Gasteiger charge is -2.12. The van der Waals surface area contributed by atoms with Gasteiger partial charge in [0.2, 0.25) is 11.8 Å². The van der Waals surface area contributed by atoms with E-state index in [-0.39, 0.29) is 17.7 Å². The molecule has 0 heterocycles. The van der Waals surface area contributed by atoms with Gasteiger partial charge in [0.25, 0.3) is 0 Å². The van der Waals surface area contributed by atoms with E-state index in [1.165, 1.54) is 0 Å². The minimum absolute atomic E-state index is 0.0192. The van der Waals surface area contributed by atoms with Crippen molar-refractivity contribution in [1.29, 1.82) is 0 Å². The number of hydrogen-bond donors (Lipinski definition) is 2. The maximum atomic E-state index is 11.8. The summed E-state index contributed by atoms with van der Waals surface area (Å²) in [4.78, 5) is 22.4. The summed E-state index contributed by atoms with van der Waals surface area (Å²) < 4.78 is 5.56. The molecule has 3 N–H and O–H groups in total. The summed E-state index contributed by atoms with van der Waals surface area (Å²) in [5.41, 5.74) is 5.05. The van der Waals surface area contributed by atoms with Crippen molar-refractivity contribution in [3.63, 3.8) is 0 Å². The zero-order chi connectivity index (χ0) is 15.5. The molecule has 5 heteroatoms. The number of rotatable bonds is 10. The molecule has 1 aromatic rings. The van der Waals surface area contributed by atoms with Crippen molar-refractivity contribution in [3.8, 4) is 5.75 Å². The Morgan fingerprint density at radius 1 is 1.24 bits per heavy atom. The zero-order valence-electron chi connectivity index (χ0n) is 12.5. The molecule has 0 saturated carbocycles. The van der Waals surface area contributed by atoms with Crippen LogP contribution in [0.3, 0.4) is 0 Å². The number of carbonyl (C=O) groups excluding carboxylic acids is 2. The Bertz CT molecular complexity index is 434. The fourth-order valence-electron chi connectivity index (χ4n) is 1.81. The van der Waals surface area contributed by atoms with E-state index < -0.39 is 0 Å². The molecule has 0 aliphatic heterocycles. The zero-order valence-corrected chi connectivity index (χ0v) is 12.5. The summed E-state index contributed by atoms with van der Waals surface area (Å²) in [5, 5.41) is 2.86. The van der Waals surface area contributed by atoms with Crippen molar-refractivity contribution in [3.05, 3.63) is 30.3 Å². The van der Waals surface area contributed by atoms with Crippen LogP contribution in [0.5, 0.6) is 5.75 Å². The van der Waals surface area contributed by atoms with Gasteiger partial charge in [-0.25, -0.2) is 0 Å². The number of nitrogens with one attached hydrogen (secondary N) is 1. The summed E-state index contributed by atoms with van der Waals surface area (Å²) in [6.07, 6.45) is 2.52. The second-order valence-electron chi connectivity index (χ2n) is 5.07. The van der Waals surface area contributed by atoms with Gasteiger partial charge in [-0.1, -0.05) is 25.1 Å². The first-order valence-electron chi connectivity index (χ1n) is 7.33. The van der Waals surface area contributed by atoms with Gasteiger partial charge in [0.1, 0.15) is 5.75 Å². The smallest absolute Gasteiger partial charge is 0.222 e. The molecule has 0 aliphatic rings. The minimum Gasteiger partial charge on any atom is -0.494 e. The number of benzene rings is 1. The normalized spacial score (nSPS) is 11.7. The Labute approximate surface area is 125 Å². The van der Waals surface area contributed by atoms with Crippen molar-refractivity contribution in [1.82, 2.24) is 5.32 Å². The van der Waals surface area contributed by atoms with Gasteiger partial charge >= 0.3 is 0 Å². The number of primary amides is 1. The monoisotopic (exact) mass is 292 g/mol. The molecule has 0 saturated heterocycles. The SMILES string of the molecule is C[C@@H](CCOc1ccccc1)C(=O)NCCCCC(N)=O. The van der Waals surface area contributed by atoms with Crippen LogP contribution in [0.2, 0.25) is 0 Å². The second kappa shape index (κ2) is 9.80. The maximum absolute atomic E-state index is 11.8. The van der Waals surface area contributed by atoms with Crippen LogP contribution < -0.4 is 15.8 Å². The Kier molecular flexibility index (Phi) is 7.94. The third-order valence-electron chi connectivity index (χ3n) is 3.16. The third kappa shape index (κ3) is 7.97. The average Bonchev–Trinajstić information content (AvgIpc) is 2.47. The molecule has 0 fully saturated rings. The highest BCUT2D eigenvalue weighted by Gasteiger charge is 2.12. The molecular weight excluding hydrogens is 268 g/mol. The molecule has 0 radical (unpaired) electrons. The van der Waals surface area contributed by atoms with Crippen molar-refractivity contribution in [2.24, 2.45) is 11.7 Å². The van der Waals surface area contributed by atoms with Crippen molar-refractivity contribution in [2.45, 2.75) is 32.6 Å². The number of nitrogens with two attached hydrogens (primary N) is 1. The number of hydrogen-bond acceptors (Lipinski definition) is 3. The fourth-order valence-corrected chi connectivity index (χ4v) is 1.81. The Hall–Kier alpha value is -2.04. The molecule has 2 amide bonds. The van der Waals surface area contributed by atoms with Crippen molar-refractivity contribution >= 4 is 11.8 Å². The molecule has 116 valence electrons. The summed E-state index contributed by atoms with van der Waals surface area (Å²) in [5.74, 6) is 0.444. The molecule has 21 heavy (non-hydrogen) atoms. The third-order valence-corrected chi connectivity index (χ3v) is 3.16. The Morgan fingerprint density at radius 3 is 2.62 bits per heavy atom. The van der Waals surface area contributed by atoms with Gasteiger partial charge in [-0.3, -0.25) is 9.59 Å². The minimum atomic E-state index is -0.298. The van der Waals surface area contributed by atoms with Crippen LogP contribution >= 0.6 is 0 Å². The quantitative estimate of drug-likeness (QED) is 0.646. The highest BCUT2D eigenvalue weighted by molar-refractivity contribution is 5.78. The lowest BCUT2D eigenvalue weighted by Crippen LogP contribution is -2.31. The Balaban J connectivity index is 2.09. The van der Waals surface area contributed by atoms with Gasteiger partial charge in [-0.15, -0.1) is 0 Å². The molecule has 0 aliphatic carbocycles. The van der Waals surface area contributed by atoms with Gasteiger partial charge in [0.15, 0.2) is 0 Å². The van der Waals surface area contributed by atoms with E-state index in [1.54, 1.807) is 0 Å². The van der Waals surface area contributed by atoms with Crippen LogP contribution in [0.15, 0.2) is 30.3 Å². The number of carbonyl (C=O) groups is 2. The fraction of sp³-hybridized carbons (Fsp3) is 0.500. The number of unbranched alkanes of at least 4 members (excludes halogenated alkanes) is 1. The van der Waals surface area contributed by atoms with E-state index in [0.717, 1.165) is 12.2 Å².